The summed E-state index contributed by atoms with van der Waals surface area (Å²) in [4.78, 5) is 32.5. The van der Waals surface area contributed by atoms with Crippen LogP contribution in [-0.2, 0) is 4.79 Å². The highest BCUT2D eigenvalue weighted by atomic mass is 16.4. The Morgan fingerprint density at radius 3 is 2.08 bits per heavy atom. The molecule has 3 atom stereocenters. The van der Waals surface area contributed by atoms with Crippen molar-refractivity contribution in [2.24, 2.45) is 5.16 Å². The van der Waals surface area contributed by atoms with Gasteiger partial charge in [-0.05, 0) is 50.7 Å². The number of rotatable bonds is 6. The number of nitrogens with zero attached hydrogens (tertiary/aromatic N) is 4. The van der Waals surface area contributed by atoms with Crippen molar-refractivity contribution in [1.82, 2.24) is 14.5 Å². The van der Waals surface area contributed by atoms with Gasteiger partial charge in [0.2, 0.25) is 0 Å². The molecule has 3 aliphatic rings. The van der Waals surface area contributed by atoms with E-state index in [-0.39, 0.29) is 35.8 Å². The van der Waals surface area contributed by atoms with Crippen molar-refractivity contribution in [3.05, 3.63) is 40.3 Å². The summed E-state index contributed by atoms with van der Waals surface area (Å²) in [6.45, 7) is 0. The first-order valence-corrected chi connectivity index (χ1v) is 14.8. The van der Waals surface area contributed by atoms with E-state index in [0.717, 1.165) is 18.4 Å². The predicted molar refractivity (Wildman–Crippen MR) is 148 cm³/mol. The van der Waals surface area contributed by atoms with E-state index in [1.165, 1.54) is 77.0 Å². The molecule has 2 bridgehead atoms. The van der Waals surface area contributed by atoms with Crippen LogP contribution in [0.1, 0.15) is 114 Å². The molecule has 38 heavy (non-hydrogen) atoms. The lowest BCUT2D eigenvalue weighted by atomic mass is 9.79. The van der Waals surface area contributed by atoms with Gasteiger partial charge in [0.15, 0.2) is 5.69 Å². The van der Waals surface area contributed by atoms with Gasteiger partial charge < -0.3 is 14.9 Å². The molecule has 5 rings (SSSR count). The van der Waals surface area contributed by atoms with Gasteiger partial charge >= 0.3 is 5.97 Å². The van der Waals surface area contributed by atoms with Gasteiger partial charge in [-0.1, -0.05) is 68.7 Å². The molecular weight excluding hydrogens is 480 g/mol. The van der Waals surface area contributed by atoms with E-state index in [1.807, 2.05) is 28.8 Å². The van der Waals surface area contributed by atoms with E-state index in [9.17, 15) is 14.8 Å². The number of carboxylic acid groups (broad SMARTS) is 1. The molecule has 2 aliphatic heterocycles. The SMILES string of the molecule is O=C(O)CCC(=NO)c1nc2ccccc2n([C@H]2C[C@H]3CCC[C@@H](C2)N3C2CCCCCCCCC2)c1=O. The molecule has 0 unspecified atom stereocenters. The number of fused-ring (bicyclic) bond motifs is 3. The van der Waals surface area contributed by atoms with Crippen LogP contribution in [0.4, 0.5) is 0 Å². The zero-order valence-electron chi connectivity index (χ0n) is 22.4. The number of hydrogen-bond acceptors (Lipinski definition) is 6. The minimum Gasteiger partial charge on any atom is -0.481 e. The summed E-state index contributed by atoms with van der Waals surface area (Å²) in [5.74, 6) is -1.01. The number of aliphatic carboxylic acids is 1. The van der Waals surface area contributed by atoms with E-state index in [4.69, 9.17) is 5.11 Å². The third-order valence-electron chi connectivity index (χ3n) is 9.13. The summed E-state index contributed by atoms with van der Waals surface area (Å²) in [7, 11) is 0. The normalized spacial score (nSPS) is 26.3. The molecular formula is C30H42N4O4. The lowest BCUT2D eigenvalue weighted by Crippen LogP contribution is -2.57. The summed E-state index contributed by atoms with van der Waals surface area (Å²) in [5.41, 5.74) is 1.28. The van der Waals surface area contributed by atoms with E-state index in [2.05, 4.69) is 15.0 Å². The first-order chi connectivity index (χ1) is 18.6. The maximum absolute atomic E-state index is 13.9. The van der Waals surface area contributed by atoms with Crippen LogP contribution < -0.4 is 5.56 Å². The number of aromatic nitrogens is 2. The molecule has 1 saturated carbocycles. The van der Waals surface area contributed by atoms with Gasteiger partial charge in [-0.2, -0.15) is 0 Å². The quantitative estimate of drug-likeness (QED) is 0.278. The highest BCUT2D eigenvalue weighted by molar-refractivity contribution is 6.00. The maximum atomic E-state index is 13.9. The lowest BCUT2D eigenvalue weighted by Gasteiger charge is -2.53. The number of benzene rings is 1. The Bertz CT molecular complexity index is 1180. The number of piperidine rings is 2. The molecule has 8 heteroatoms. The minimum absolute atomic E-state index is 0.0380. The lowest BCUT2D eigenvalue weighted by molar-refractivity contribution is -0.136. The Hall–Kier alpha value is -2.74. The van der Waals surface area contributed by atoms with E-state index < -0.39 is 5.97 Å². The molecule has 8 nitrogen and oxygen atoms in total. The summed E-state index contributed by atoms with van der Waals surface area (Å²) >= 11 is 0. The van der Waals surface area contributed by atoms with Crippen LogP contribution in [0.2, 0.25) is 0 Å². The second-order valence-electron chi connectivity index (χ2n) is 11.6. The van der Waals surface area contributed by atoms with Crippen LogP contribution >= 0.6 is 0 Å². The molecule has 2 aromatic rings. The van der Waals surface area contributed by atoms with Gasteiger partial charge in [-0.3, -0.25) is 14.5 Å². The van der Waals surface area contributed by atoms with Crippen molar-refractivity contribution in [3.8, 4) is 0 Å². The number of hydrogen-bond donors (Lipinski definition) is 2. The van der Waals surface area contributed by atoms with Crippen molar-refractivity contribution in [3.63, 3.8) is 0 Å². The zero-order chi connectivity index (χ0) is 26.5. The van der Waals surface area contributed by atoms with Crippen LogP contribution in [-0.4, -0.2) is 54.6 Å². The van der Waals surface area contributed by atoms with Crippen LogP contribution in [0.5, 0.6) is 0 Å². The van der Waals surface area contributed by atoms with Crippen LogP contribution in [0.3, 0.4) is 0 Å². The minimum atomic E-state index is -1.01. The molecule has 206 valence electrons. The Kier molecular flexibility index (Phi) is 8.77. The van der Waals surface area contributed by atoms with Gasteiger partial charge in [-0.25, -0.2) is 4.98 Å². The molecule has 2 saturated heterocycles. The van der Waals surface area contributed by atoms with E-state index in [1.54, 1.807) is 0 Å². The van der Waals surface area contributed by atoms with Crippen LogP contribution in [0.15, 0.2) is 34.2 Å². The predicted octanol–water partition coefficient (Wildman–Crippen LogP) is 5.89. The van der Waals surface area contributed by atoms with Crippen molar-refractivity contribution in [2.75, 3.05) is 0 Å². The van der Waals surface area contributed by atoms with Gasteiger partial charge in [0.1, 0.15) is 5.71 Å². The fourth-order valence-corrected chi connectivity index (χ4v) is 7.43. The van der Waals surface area contributed by atoms with Crippen molar-refractivity contribution in [2.45, 2.75) is 127 Å². The smallest absolute Gasteiger partial charge is 0.303 e. The van der Waals surface area contributed by atoms with Crippen LogP contribution in [0.25, 0.3) is 11.0 Å². The summed E-state index contributed by atoms with van der Waals surface area (Å²) in [6, 6.07) is 9.27. The molecule has 0 radical (unpaired) electrons. The Labute approximate surface area is 224 Å². The summed E-state index contributed by atoms with van der Waals surface area (Å²) < 4.78 is 1.89. The number of oxime groups is 1. The standard InChI is InChI=1S/C30H42N4O4/c35-28(36)18-17-26(32-38)29-30(37)34(27-16-9-8-15-25(27)31-29)24-19-22-13-10-14-23(20-24)33(22)21-11-6-4-2-1-3-5-7-12-21/h8-9,15-16,21-24,38H,1-7,10-14,17-20H2,(H,35,36)/t22-,23+,24+. The number of carboxylic acids is 1. The Balaban J connectivity index is 1.47. The average molecular weight is 523 g/mol. The van der Waals surface area contributed by atoms with Gasteiger partial charge in [0, 0.05) is 30.6 Å². The van der Waals surface area contributed by atoms with Gasteiger partial charge in [0.25, 0.3) is 5.56 Å². The van der Waals surface area contributed by atoms with Gasteiger partial charge in [-0.15, -0.1) is 0 Å². The second kappa shape index (κ2) is 12.4. The maximum Gasteiger partial charge on any atom is 0.303 e. The molecule has 2 N–H and O–H groups in total. The average Bonchev–Trinajstić information content (AvgIpc) is 2.91. The molecule has 3 fully saturated rings. The first kappa shape index (κ1) is 26.9. The van der Waals surface area contributed by atoms with E-state index in [0.29, 0.717) is 23.6 Å². The number of carbonyl (C=O) groups is 1. The summed E-state index contributed by atoms with van der Waals surface area (Å²) in [6.07, 6.45) is 17.2. The highest BCUT2D eigenvalue weighted by Crippen LogP contribution is 2.42. The van der Waals surface area contributed by atoms with E-state index >= 15 is 0 Å². The monoisotopic (exact) mass is 522 g/mol. The molecule has 0 spiro atoms. The largest absolute Gasteiger partial charge is 0.481 e. The highest BCUT2D eigenvalue weighted by Gasteiger charge is 2.42. The fraction of sp³-hybridized carbons (Fsp3) is 0.667. The van der Waals surface area contributed by atoms with Crippen molar-refractivity contribution in [1.29, 1.82) is 0 Å². The second-order valence-corrected chi connectivity index (χ2v) is 11.6. The number of para-hydroxylation sites is 2. The van der Waals surface area contributed by atoms with Crippen molar-refractivity contribution < 1.29 is 15.1 Å². The first-order valence-electron chi connectivity index (χ1n) is 14.8. The topological polar surface area (TPSA) is 108 Å². The third kappa shape index (κ3) is 5.80. The molecule has 1 aliphatic carbocycles. The summed E-state index contributed by atoms with van der Waals surface area (Å²) in [5, 5.41) is 22.1. The molecule has 1 aromatic heterocycles. The van der Waals surface area contributed by atoms with Crippen molar-refractivity contribution >= 4 is 22.7 Å². The third-order valence-corrected chi connectivity index (χ3v) is 9.13. The Morgan fingerprint density at radius 1 is 0.842 bits per heavy atom. The fourth-order valence-electron chi connectivity index (χ4n) is 7.43. The zero-order valence-corrected chi connectivity index (χ0v) is 22.4. The molecule has 3 heterocycles. The Morgan fingerprint density at radius 2 is 1.45 bits per heavy atom. The van der Waals surface area contributed by atoms with Gasteiger partial charge in [0.05, 0.1) is 17.5 Å². The molecule has 0 amide bonds. The van der Waals surface area contributed by atoms with Crippen LogP contribution in [0, 0.1) is 0 Å². The molecule has 1 aromatic carbocycles.